The van der Waals surface area contributed by atoms with Gasteiger partial charge in [-0.15, -0.1) is 0 Å². The van der Waals surface area contributed by atoms with E-state index in [0.29, 0.717) is 0 Å². The molecule has 0 aromatic heterocycles. The molecular weight excluding hydrogens is 310 g/mol. The van der Waals surface area contributed by atoms with Gasteiger partial charge in [0.05, 0.1) is 0 Å². The fourth-order valence-electron chi connectivity index (χ4n) is 3.75. The summed E-state index contributed by atoms with van der Waals surface area (Å²) in [5, 5.41) is 10.9. The molecule has 1 fully saturated rings. The van der Waals surface area contributed by atoms with E-state index in [1.54, 1.807) is 0 Å². The first-order valence-corrected chi connectivity index (χ1v) is 9.21. The molecule has 1 aliphatic rings. The predicted molar refractivity (Wildman–Crippen MR) is 102 cm³/mol. The average Bonchev–Trinajstić information content (AvgIpc) is 2.60. The second-order valence-corrected chi connectivity index (χ2v) is 7.25. The van der Waals surface area contributed by atoms with E-state index in [2.05, 4.69) is 43.1 Å². The van der Waals surface area contributed by atoms with Crippen LogP contribution in [-0.4, -0.2) is 35.3 Å². The summed E-state index contributed by atoms with van der Waals surface area (Å²) in [7, 11) is 2.11. The molecule has 0 radical (unpaired) electrons. The summed E-state index contributed by atoms with van der Waals surface area (Å²) in [5.41, 5.74) is 3.73. The van der Waals surface area contributed by atoms with E-state index in [1.165, 1.54) is 11.1 Å². The van der Waals surface area contributed by atoms with Crippen LogP contribution in [0.25, 0.3) is 0 Å². The Balaban J connectivity index is 1.68. The number of aryl methyl sites for hydroxylation is 2. The highest BCUT2D eigenvalue weighted by Crippen LogP contribution is 2.29. The lowest BCUT2D eigenvalue weighted by atomic mass is 9.88. The Hall–Kier alpha value is -1.84. The predicted octanol–water partition coefficient (Wildman–Crippen LogP) is 4.10. The van der Waals surface area contributed by atoms with Crippen molar-refractivity contribution in [2.75, 3.05) is 7.05 Å². The zero-order valence-corrected chi connectivity index (χ0v) is 15.5. The lowest BCUT2D eigenvalue weighted by molar-refractivity contribution is -0.0493. The summed E-state index contributed by atoms with van der Waals surface area (Å²) in [4.78, 5) is 2.28. The lowest BCUT2D eigenvalue weighted by Crippen LogP contribution is -2.51. The van der Waals surface area contributed by atoms with Crippen molar-refractivity contribution in [1.82, 2.24) is 4.90 Å². The van der Waals surface area contributed by atoms with Gasteiger partial charge in [0, 0.05) is 12.6 Å². The van der Waals surface area contributed by atoms with E-state index in [1.807, 2.05) is 31.2 Å². The molecule has 2 aromatic carbocycles. The van der Waals surface area contributed by atoms with Gasteiger partial charge in [0.2, 0.25) is 0 Å². The molecule has 3 nitrogen and oxygen atoms in total. The first-order valence-electron chi connectivity index (χ1n) is 9.21. The van der Waals surface area contributed by atoms with E-state index >= 15 is 0 Å². The van der Waals surface area contributed by atoms with Crippen molar-refractivity contribution in [3.05, 3.63) is 65.2 Å². The van der Waals surface area contributed by atoms with Crippen LogP contribution >= 0.6 is 0 Å². The third kappa shape index (κ3) is 4.23. The fraction of sp³-hybridized carbons (Fsp3) is 0.455. The number of rotatable bonds is 5. The fourth-order valence-corrected chi connectivity index (χ4v) is 3.75. The molecule has 1 saturated carbocycles. The molecule has 0 unspecified atom stereocenters. The summed E-state index contributed by atoms with van der Waals surface area (Å²) in [5.74, 6) is 0.883. The van der Waals surface area contributed by atoms with Crippen LogP contribution < -0.4 is 4.74 Å². The number of hydrogen-bond donors (Lipinski definition) is 1. The van der Waals surface area contributed by atoms with Crippen molar-refractivity contribution >= 4 is 0 Å². The number of benzene rings is 2. The number of aliphatic hydroxyl groups excluding tert-OH is 1. The molecule has 0 bridgehead atoms. The minimum absolute atomic E-state index is 0.127. The molecule has 3 rings (SSSR count). The first-order chi connectivity index (χ1) is 12.1. The van der Waals surface area contributed by atoms with Gasteiger partial charge >= 0.3 is 0 Å². The van der Waals surface area contributed by atoms with Crippen molar-refractivity contribution in [3.63, 3.8) is 0 Å². The van der Waals surface area contributed by atoms with Gasteiger partial charge in [-0.05, 0) is 62.9 Å². The maximum Gasteiger partial charge on any atom is 0.126 e. The number of nitrogens with zero attached hydrogens (tertiary/aromatic N) is 1. The van der Waals surface area contributed by atoms with Crippen LogP contribution in [0.5, 0.6) is 5.75 Å². The lowest BCUT2D eigenvalue weighted by Gasteiger charge is -2.40. The molecule has 0 aliphatic heterocycles. The molecule has 0 saturated heterocycles. The average molecular weight is 339 g/mol. The van der Waals surface area contributed by atoms with E-state index in [4.69, 9.17) is 4.74 Å². The van der Waals surface area contributed by atoms with Gasteiger partial charge in [-0.3, -0.25) is 4.90 Å². The van der Waals surface area contributed by atoms with Crippen LogP contribution in [0.3, 0.4) is 0 Å². The van der Waals surface area contributed by atoms with Gasteiger partial charge < -0.3 is 9.84 Å². The molecule has 0 heterocycles. The quantitative estimate of drug-likeness (QED) is 0.890. The second-order valence-electron chi connectivity index (χ2n) is 7.25. The third-order valence-corrected chi connectivity index (χ3v) is 5.38. The van der Waals surface area contributed by atoms with Crippen LogP contribution in [0.2, 0.25) is 0 Å². The monoisotopic (exact) mass is 339 g/mol. The van der Waals surface area contributed by atoms with Gasteiger partial charge in [-0.25, -0.2) is 0 Å². The zero-order valence-electron chi connectivity index (χ0n) is 15.5. The minimum Gasteiger partial charge on any atom is -0.487 e. The topological polar surface area (TPSA) is 32.7 Å². The van der Waals surface area contributed by atoms with Crippen LogP contribution in [0, 0.1) is 13.8 Å². The normalized spacial score (nSPS) is 23.6. The molecule has 3 atom stereocenters. The molecule has 25 heavy (non-hydrogen) atoms. The standard InChI is InChI=1S/C22H29NO2/c1-16-9-4-6-11-18(16)15-23(3)19-12-8-14-21(22(19)24)25-20-13-7-5-10-17(20)2/h4-7,9-11,13,19,21-22,24H,8,12,14-15H2,1-3H3/t19-,21+,22+/m0/s1. The van der Waals surface area contributed by atoms with Crippen molar-refractivity contribution in [1.29, 1.82) is 0 Å². The summed E-state index contributed by atoms with van der Waals surface area (Å²) < 4.78 is 6.18. The zero-order chi connectivity index (χ0) is 17.8. The Labute approximate surface area is 151 Å². The Kier molecular flexibility index (Phi) is 5.77. The molecule has 0 amide bonds. The highest BCUT2D eigenvalue weighted by molar-refractivity contribution is 5.32. The first kappa shape index (κ1) is 18.0. The Bertz CT molecular complexity index is 700. The van der Waals surface area contributed by atoms with Gasteiger partial charge in [0.1, 0.15) is 18.0 Å². The van der Waals surface area contributed by atoms with Gasteiger partial charge in [-0.1, -0.05) is 42.5 Å². The van der Waals surface area contributed by atoms with Crippen molar-refractivity contribution < 1.29 is 9.84 Å². The molecular formula is C22H29NO2. The van der Waals surface area contributed by atoms with Gasteiger partial charge in [-0.2, -0.15) is 0 Å². The maximum atomic E-state index is 10.9. The summed E-state index contributed by atoms with van der Waals surface area (Å²) in [6.45, 7) is 5.04. The maximum absolute atomic E-state index is 10.9. The minimum atomic E-state index is -0.470. The number of ether oxygens (including phenoxy) is 1. The van der Waals surface area contributed by atoms with Gasteiger partial charge in [0.25, 0.3) is 0 Å². The van der Waals surface area contributed by atoms with E-state index in [-0.39, 0.29) is 12.1 Å². The molecule has 2 aromatic rings. The highest BCUT2D eigenvalue weighted by Gasteiger charge is 2.35. The Morgan fingerprint density at radius 3 is 2.40 bits per heavy atom. The van der Waals surface area contributed by atoms with E-state index in [9.17, 15) is 5.11 Å². The summed E-state index contributed by atoms with van der Waals surface area (Å²) in [6.07, 6.45) is 2.39. The third-order valence-electron chi connectivity index (χ3n) is 5.38. The van der Waals surface area contributed by atoms with Crippen molar-refractivity contribution in [2.24, 2.45) is 0 Å². The molecule has 1 N–H and O–H groups in total. The Morgan fingerprint density at radius 2 is 1.68 bits per heavy atom. The largest absolute Gasteiger partial charge is 0.487 e. The smallest absolute Gasteiger partial charge is 0.126 e. The van der Waals surface area contributed by atoms with Gasteiger partial charge in [0.15, 0.2) is 0 Å². The summed E-state index contributed by atoms with van der Waals surface area (Å²) >= 11 is 0. The second kappa shape index (κ2) is 8.03. The Morgan fingerprint density at radius 1 is 1.00 bits per heavy atom. The molecule has 1 aliphatic carbocycles. The van der Waals surface area contributed by atoms with Crippen LogP contribution in [-0.2, 0) is 6.54 Å². The summed E-state index contributed by atoms with van der Waals surface area (Å²) in [6, 6.07) is 16.6. The SMILES string of the molecule is Cc1ccccc1CN(C)[C@H]1CCC[C@@H](Oc2ccccc2C)[C@@H]1O. The molecule has 3 heteroatoms. The number of aliphatic hydroxyl groups is 1. The van der Waals surface area contributed by atoms with Crippen LogP contribution in [0.15, 0.2) is 48.5 Å². The number of hydrogen-bond acceptors (Lipinski definition) is 3. The number of para-hydroxylation sites is 1. The molecule has 0 spiro atoms. The van der Waals surface area contributed by atoms with Crippen molar-refractivity contribution in [3.8, 4) is 5.75 Å². The van der Waals surface area contributed by atoms with Crippen LogP contribution in [0.1, 0.15) is 36.0 Å². The number of likely N-dealkylation sites (N-methyl/N-ethyl adjacent to an activating group) is 1. The van der Waals surface area contributed by atoms with Crippen molar-refractivity contribution in [2.45, 2.75) is 57.9 Å². The highest BCUT2D eigenvalue weighted by atomic mass is 16.5. The molecule has 134 valence electrons. The van der Waals surface area contributed by atoms with E-state index in [0.717, 1.165) is 37.1 Å². The van der Waals surface area contributed by atoms with E-state index < -0.39 is 6.10 Å². The van der Waals surface area contributed by atoms with Crippen LogP contribution in [0.4, 0.5) is 0 Å².